The van der Waals surface area contributed by atoms with Gasteiger partial charge in [-0.2, -0.15) is 0 Å². The predicted octanol–water partition coefficient (Wildman–Crippen LogP) is 3.58. The van der Waals surface area contributed by atoms with Gasteiger partial charge < -0.3 is 9.47 Å². The number of aryl methyl sites for hydroxylation is 1. The van der Waals surface area contributed by atoms with Crippen LogP contribution in [0, 0.1) is 0 Å². The van der Waals surface area contributed by atoms with E-state index in [1.807, 2.05) is 23.6 Å². The van der Waals surface area contributed by atoms with E-state index in [0.29, 0.717) is 23.5 Å². The van der Waals surface area contributed by atoms with Crippen molar-refractivity contribution in [2.45, 2.75) is 12.8 Å². The molecule has 1 heterocycles. The summed E-state index contributed by atoms with van der Waals surface area (Å²) in [5.41, 5.74) is 0.532. The summed E-state index contributed by atoms with van der Waals surface area (Å²) in [6.07, 6.45) is 1.20. The number of thiophene rings is 1. The van der Waals surface area contributed by atoms with Crippen LogP contribution in [0.2, 0.25) is 0 Å². The lowest BCUT2D eigenvalue weighted by Crippen LogP contribution is -2.06. The van der Waals surface area contributed by atoms with Crippen LogP contribution in [0.1, 0.15) is 21.7 Å². The highest BCUT2D eigenvalue weighted by atomic mass is 32.1. The highest BCUT2D eigenvalue weighted by Gasteiger charge is 2.17. The van der Waals surface area contributed by atoms with Crippen LogP contribution in [-0.2, 0) is 6.42 Å². The number of ketones is 1. The molecule has 1 aromatic carbocycles. The van der Waals surface area contributed by atoms with Crippen molar-refractivity contribution in [3.8, 4) is 11.5 Å². The van der Waals surface area contributed by atoms with Crippen molar-refractivity contribution in [3.63, 3.8) is 0 Å². The largest absolute Gasteiger partial charge is 0.496 e. The molecule has 0 fully saturated rings. The first-order chi connectivity index (χ1) is 9.26. The first kappa shape index (κ1) is 13.6. The lowest BCUT2D eigenvalue weighted by molar-refractivity contribution is 0.0977. The summed E-state index contributed by atoms with van der Waals surface area (Å²) in [4.78, 5) is 13.6. The predicted molar refractivity (Wildman–Crippen MR) is 76.5 cm³/mol. The lowest BCUT2D eigenvalue weighted by atomic mass is 10.0. The van der Waals surface area contributed by atoms with E-state index < -0.39 is 0 Å². The molecule has 2 aromatic rings. The zero-order valence-electron chi connectivity index (χ0n) is 11.0. The van der Waals surface area contributed by atoms with E-state index in [2.05, 4.69) is 0 Å². The van der Waals surface area contributed by atoms with E-state index in [4.69, 9.17) is 9.47 Å². The van der Waals surface area contributed by atoms with Gasteiger partial charge in [-0.3, -0.25) is 4.79 Å². The summed E-state index contributed by atoms with van der Waals surface area (Å²) in [5.74, 6) is 1.17. The Bertz CT molecular complexity index is 524. The molecule has 0 spiro atoms. The van der Waals surface area contributed by atoms with Gasteiger partial charge in [0, 0.05) is 11.3 Å². The molecule has 4 heteroatoms. The highest BCUT2D eigenvalue weighted by Crippen LogP contribution is 2.30. The number of methoxy groups -OCH3 is 2. The SMILES string of the molecule is COc1cccc(OC)c1C(=O)CCc1cccs1. The molecule has 0 aliphatic heterocycles. The maximum atomic E-state index is 12.3. The highest BCUT2D eigenvalue weighted by molar-refractivity contribution is 7.09. The zero-order chi connectivity index (χ0) is 13.7. The van der Waals surface area contributed by atoms with Gasteiger partial charge in [-0.05, 0) is 30.0 Å². The maximum absolute atomic E-state index is 12.3. The number of hydrogen-bond acceptors (Lipinski definition) is 4. The van der Waals surface area contributed by atoms with Crippen molar-refractivity contribution in [2.75, 3.05) is 14.2 Å². The second-order valence-corrected chi connectivity index (χ2v) is 5.07. The molecular weight excluding hydrogens is 260 g/mol. The molecule has 1 aromatic heterocycles. The van der Waals surface area contributed by atoms with Crippen molar-refractivity contribution < 1.29 is 14.3 Å². The Labute approximate surface area is 116 Å². The number of carbonyl (C=O) groups excluding carboxylic acids is 1. The normalized spacial score (nSPS) is 10.2. The Hall–Kier alpha value is -1.81. The summed E-state index contributed by atoms with van der Waals surface area (Å²) < 4.78 is 10.5. The van der Waals surface area contributed by atoms with Crippen molar-refractivity contribution >= 4 is 17.1 Å². The number of ether oxygens (including phenoxy) is 2. The molecule has 0 atom stereocenters. The van der Waals surface area contributed by atoms with Crippen LogP contribution in [0.5, 0.6) is 11.5 Å². The summed E-state index contributed by atoms with van der Waals surface area (Å²) >= 11 is 1.67. The molecule has 0 unspecified atom stereocenters. The van der Waals surface area contributed by atoms with Crippen molar-refractivity contribution in [1.82, 2.24) is 0 Å². The lowest BCUT2D eigenvalue weighted by Gasteiger charge is -2.11. The fourth-order valence-electron chi connectivity index (χ4n) is 1.94. The van der Waals surface area contributed by atoms with Crippen molar-refractivity contribution in [1.29, 1.82) is 0 Å². The van der Waals surface area contributed by atoms with Gasteiger partial charge in [0.15, 0.2) is 5.78 Å². The zero-order valence-corrected chi connectivity index (χ0v) is 11.8. The average Bonchev–Trinajstić information content (AvgIpc) is 2.97. The van der Waals surface area contributed by atoms with Gasteiger partial charge >= 0.3 is 0 Å². The van der Waals surface area contributed by atoms with Crippen LogP contribution in [0.25, 0.3) is 0 Å². The van der Waals surface area contributed by atoms with Crippen LogP contribution in [0.3, 0.4) is 0 Å². The molecule has 0 amide bonds. The molecule has 3 nitrogen and oxygen atoms in total. The van der Waals surface area contributed by atoms with Gasteiger partial charge in [-0.25, -0.2) is 0 Å². The molecule has 19 heavy (non-hydrogen) atoms. The minimum atomic E-state index is 0.0442. The second-order valence-electron chi connectivity index (χ2n) is 4.04. The maximum Gasteiger partial charge on any atom is 0.170 e. The van der Waals surface area contributed by atoms with Gasteiger partial charge in [0.25, 0.3) is 0 Å². The van der Waals surface area contributed by atoms with Gasteiger partial charge in [0.2, 0.25) is 0 Å². The molecule has 0 aliphatic rings. The number of rotatable bonds is 6. The first-order valence-corrected chi connectivity index (χ1v) is 6.90. The van der Waals surface area contributed by atoms with E-state index in [-0.39, 0.29) is 5.78 Å². The van der Waals surface area contributed by atoms with E-state index >= 15 is 0 Å². The van der Waals surface area contributed by atoms with Gasteiger partial charge in [0.05, 0.1) is 14.2 Å². The molecule has 0 aliphatic carbocycles. The fourth-order valence-corrected chi connectivity index (χ4v) is 2.65. The molecule has 100 valence electrons. The molecule has 0 radical (unpaired) electrons. The van der Waals surface area contributed by atoms with Crippen LogP contribution in [0.4, 0.5) is 0 Å². The smallest absolute Gasteiger partial charge is 0.170 e. The Morgan fingerprint density at radius 3 is 2.32 bits per heavy atom. The Morgan fingerprint density at radius 2 is 1.79 bits per heavy atom. The van der Waals surface area contributed by atoms with Crippen LogP contribution >= 0.6 is 11.3 Å². The van der Waals surface area contributed by atoms with Crippen LogP contribution in [-0.4, -0.2) is 20.0 Å². The quantitative estimate of drug-likeness (QED) is 0.756. The summed E-state index contributed by atoms with van der Waals surface area (Å²) in [6.45, 7) is 0. The number of Topliss-reactive ketones (excluding diaryl/α,β-unsaturated/α-hetero) is 1. The average molecular weight is 276 g/mol. The van der Waals surface area contributed by atoms with E-state index in [0.717, 1.165) is 6.42 Å². The Morgan fingerprint density at radius 1 is 1.11 bits per heavy atom. The van der Waals surface area contributed by atoms with Gasteiger partial charge in [0.1, 0.15) is 17.1 Å². The third-order valence-corrected chi connectivity index (χ3v) is 3.82. The number of benzene rings is 1. The van der Waals surface area contributed by atoms with Crippen LogP contribution in [0.15, 0.2) is 35.7 Å². The van der Waals surface area contributed by atoms with E-state index in [1.54, 1.807) is 37.7 Å². The summed E-state index contributed by atoms with van der Waals surface area (Å²) in [6, 6.07) is 9.40. The Kier molecular flexibility index (Phi) is 4.58. The van der Waals surface area contributed by atoms with Gasteiger partial charge in [-0.15, -0.1) is 11.3 Å². The molecular formula is C15H16O3S. The third kappa shape index (κ3) is 3.15. The van der Waals surface area contributed by atoms with E-state index in [1.165, 1.54) is 4.88 Å². The topological polar surface area (TPSA) is 35.5 Å². The summed E-state index contributed by atoms with van der Waals surface area (Å²) in [5, 5.41) is 2.02. The summed E-state index contributed by atoms with van der Waals surface area (Å²) in [7, 11) is 3.12. The van der Waals surface area contributed by atoms with Crippen molar-refractivity contribution in [2.24, 2.45) is 0 Å². The molecule has 0 saturated heterocycles. The number of hydrogen-bond donors (Lipinski definition) is 0. The fraction of sp³-hybridized carbons (Fsp3) is 0.267. The second kappa shape index (κ2) is 6.38. The first-order valence-electron chi connectivity index (χ1n) is 6.03. The van der Waals surface area contributed by atoms with Crippen LogP contribution < -0.4 is 9.47 Å². The number of carbonyl (C=O) groups is 1. The minimum absolute atomic E-state index is 0.0442. The third-order valence-electron chi connectivity index (χ3n) is 2.89. The standard InChI is InChI=1S/C15H16O3S/c1-17-13-6-3-7-14(18-2)15(13)12(16)9-8-11-5-4-10-19-11/h3-7,10H,8-9H2,1-2H3. The van der Waals surface area contributed by atoms with Crippen molar-refractivity contribution in [3.05, 3.63) is 46.2 Å². The van der Waals surface area contributed by atoms with Gasteiger partial charge in [-0.1, -0.05) is 12.1 Å². The molecule has 0 N–H and O–H groups in total. The molecule has 0 saturated carbocycles. The monoisotopic (exact) mass is 276 g/mol. The molecule has 2 rings (SSSR count). The Balaban J connectivity index is 2.18. The molecule has 0 bridgehead atoms. The minimum Gasteiger partial charge on any atom is -0.496 e. The van der Waals surface area contributed by atoms with E-state index in [9.17, 15) is 4.79 Å².